The van der Waals surface area contributed by atoms with Crippen LogP contribution in [-0.4, -0.2) is 66.1 Å². The summed E-state index contributed by atoms with van der Waals surface area (Å²) in [6, 6.07) is 2.54. The standard InChI is InChI=1S/C25H36N8O4/c34-23(26-13-21-29-31-32-30-21)20-12-17(15-6-2-1-3-7-15)14-33(20)24(35)19-11-10-18(27-19)22(28-25(36)37)16-8-4-5-9-16/h10-11,15-17,20,22,27-28H,1-9,12-14H2,(H,26,34)(H,36,37)(H,29,30,31,32)/t17-,20+,22+/m1/s1. The third-order valence-corrected chi connectivity index (χ3v) is 8.45. The Balaban J connectivity index is 1.33. The van der Waals surface area contributed by atoms with Crippen molar-refractivity contribution in [1.82, 2.24) is 41.1 Å². The van der Waals surface area contributed by atoms with Crippen LogP contribution >= 0.6 is 0 Å². The predicted molar refractivity (Wildman–Crippen MR) is 132 cm³/mol. The van der Waals surface area contributed by atoms with Crippen molar-refractivity contribution in [1.29, 1.82) is 0 Å². The highest BCUT2D eigenvalue weighted by atomic mass is 16.4. The summed E-state index contributed by atoms with van der Waals surface area (Å²) in [4.78, 5) is 43.4. The number of hydrogen-bond donors (Lipinski definition) is 5. The molecule has 2 saturated carbocycles. The maximum Gasteiger partial charge on any atom is 0.405 e. The molecular formula is C25H36N8O4. The largest absolute Gasteiger partial charge is 0.465 e. The van der Waals surface area contributed by atoms with Gasteiger partial charge < -0.3 is 25.6 Å². The number of carbonyl (C=O) groups is 3. The van der Waals surface area contributed by atoms with Crippen molar-refractivity contribution in [2.75, 3.05) is 6.54 Å². The fourth-order valence-corrected chi connectivity index (χ4v) is 6.58. The van der Waals surface area contributed by atoms with Crippen LogP contribution < -0.4 is 10.6 Å². The summed E-state index contributed by atoms with van der Waals surface area (Å²) in [5.41, 5.74) is 1.07. The first-order valence-corrected chi connectivity index (χ1v) is 13.5. The number of amides is 3. The molecule has 3 fully saturated rings. The van der Waals surface area contributed by atoms with E-state index in [2.05, 4.69) is 36.2 Å². The van der Waals surface area contributed by atoms with Gasteiger partial charge in [-0.15, -0.1) is 10.2 Å². The number of H-pyrrole nitrogens is 2. The molecule has 2 aliphatic carbocycles. The molecule has 3 heterocycles. The van der Waals surface area contributed by atoms with Gasteiger partial charge in [0.05, 0.1) is 12.6 Å². The SMILES string of the molecule is O=C(O)N[C@H](c1ccc(C(=O)N2C[C@H](C3CCCCC3)C[C@H]2C(=O)NCc2nn[nH]n2)[nH]1)C1CCCC1. The van der Waals surface area contributed by atoms with Gasteiger partial charge in [0.15, 0.2) is 5.82 Å². The van der Waals surface area contributed by atoms with Gasteiger partial charge in [0, 0.05) is 12.2 Å². The van der Waals surface area contributed by atoms with E-state index in [1.54, 1.807) is 17.0 Å². The van der Waals surface area contributed by atoms with Gasteiger partial charge in [-0.05, 0) is 49.1 Å². The van der Waals surface area contributed by atoms with Crippen molar-refractivity contribution in [3.63, 3.8) is 0 Å². The Morgan fingerprint density at radius 2 is 1.81 bits per heavy atom. The van der Waals surface area contributed by atoms with Gasteiger partial charge in [-0.25, -0.2) is 4.79 Å². The van der Waals surface area contributed by atoms with Gasteiger partial charge in [0.1, 0.15) is 11.7 Å². The second kappa shape index (κ2) is 11.3. The van der Waals surface area contributed by atoms with Crippen LogP contribution in [0.3, 0.4) is 0 Å². The van der Waals surface area contributed by atoms with Crippen molar-refractivity contribution in [3.05, 3.63) is 29.3 Å². The van der Waals surface area contributed by atoms with Crippen LogP contribution in [-0.2, 0) is 11.3 Å². The predicted octanol–water partition coefficient (Wildman–Crippen LogP) is 2.75. The van der Waals surface area contributed by atoms with E-state index in [1.807, 2.05) is 0 Å². The molecule has 0 bridgehead atoms. The second-order valence-electron chi connectivity index (χ2n) is 10.7. The molecule has 5 rings (SSSR count). The molecule has 3 aliphatic rings. The smallest absolute Gasteiger partial charge is 0.405 e. The summed E-state index contributed by atoms with van der Waals surface area (Å²) in [5, 5.41) is 28.6. The summed E-state index contributed by atoms with van der Waals surface area (Å²) < 4.78 is 0. The summed E-state index contributed by atoms with van der Waals surface area (Å²) in [6.45, 7) is 0.677. The van der Waals surface area contributed by atoms with Gasteiger partial charge in [-0.1, -0.05) is 50.2 Å². The normalized spacial score (nSPS) is 23.7. The van der Waals surface area contributed by atoms with Gasteiger partial charge in [0.25, 0.3) is 5.91 Å². The van der Waals surface area contributed by atoms with E-state index in [0.717, 1.165) is 38.5 Å². The monoisotopic (exact) mass is 512 g/mol. The molecule has 2 aromatic heterocycles. The van der Waals surface area contributed by atoms with Crippen molar-refractivity contribution < 1.29 is 19.5 Å². The molecule has 1 aliphatic heterocycles. The molecule has 37 heavy (non-hydrogen) atoms. The van der Waals surface area contributed by atoms with E-state index in [4.69, 9.17) is 0 Å². The molecule has 1 saturated heterocycles. The molecule has 200 valence electrons. The second-order valence-corrected chi connectivity index (χ2v) is 10.7. The Bertz CT molecular complexity index is 1070. The number of rotatable bonds is 8. The number of tetrazole rings is 1. The minimum atomic E-state index is -1.08. The highest BCUT2D eigenvalue weighted by molar-refractivity contribution is 5.96. The maximum absolute atomic E-state index is 13.7. The molecule has 0 spiro atoms. The zero-order valence-corrected chi connectivity index (χ0v) is 21.0. The molecule has 0 unspecified atom stereocenters. The highest BCUT2D eigenvalue weighted by Gasteiger charge is 2.43. The van der Waals surface area contributed by atoms with E-state index in [0.29, 0.717) is 36.1 Å². The lowest BCUT2D eigenvalue weighted by Crippen LogP contribution is -2.46. The Labute approximate surface area is 215 Å². The van der Waals surface area contributed by atoms with Crippen molar-refractivity contribution >= 4 is 17.9 Å². The quantitative estimate of drug-likeness (QED) is 0.362. The first-order valence-electron chi connectivity index (χ1n) is 13.5. The average molecular weight is 513 g/mol. The molecular weight excluding hydrogens is 476 g/mol. The van der Waals surface area contributed by atoms with Crippen LogP contribution in [0.5, 0.6) is 0 Å². The third kappa shape index (κ3) is 5.78. The van der Waals surface area contributed by atoms with Crippen LogP contribution in [0.25, 0.3) is 0 Å². The summed E-state index contributed by atoms with van der Waals surface area (Å²) in [7, 11) is 0. The van der Waals surface area contributed by atoms with Gasteiger partial charge in [0.2, 0.25) is 5.91 Å². The van der Waals surface area contributed by atoms with Crippen molar-refractivity contribution in [2.24, 2.45) is 17.8 Å². The zero-order chi connectivity index (χ0) is 25.8. The van der Waals surface area contributed by atoms with E-state index < -0.39 is 12.1 Å². The summed E-state index contributed by atoms with van der Waals surface area (Å²) in [6.07, 6.45) is 9.53. The molecule has 2 aromatic rings. The number of hydrogen-bond acceptors (Lipinski definition) is 6. The molecule has 3 atom stereocenters. The van der Waals surface area contributed by atoms with Crippen LogP contribution in [0.1, 0.15) is 92.3 Å². The molecule has 5 N–H and O–H groups in total. The number of aromatic nitrogens is 5. The lowest BCUT2D eigenvalue weighted by Gasteiger charge is -2.27. The van der Waals surface area contributed by atoms with Gasteiger partial charge in [-0.3, -0.25) is 9.59 Å². The van der Waals surface area contributed by atoms with E-state index in [1.165, 1.54) is 19.3 Å². The topological polar surface area (TPSA) is 169 Å². The number of nitrogens with zero attached hydrogens (tertiary/aromatic N) is 4. The van der Waals surface area contributed by atoms with Crippen molar-refractivity contribution in [2.45, 2.75) is 82.8 Å². The van der Waals surface area contributed by atoms with E-state index in [9.17, 15) is 19.5 Å². The molecule has 0 aromatic carbocycles. The first-order chi connectivity index (χ1) is 18.0. The maximum atomic E-state index is 13.7. The van der Waals surface area contributed by atoms with Crippen LogP contribution in [0, 0.1) is 17.8 Å². The number of carboxylic acid groups (broad SMARTS) is 1. The molecule has 3 amide bonds. The van der Waals surface area contributed by atoms with Gasteiger partial charge in [-0.2, -0.15) is 5.21 Å². The fourth-order valence-electron chi connectivity index (χ4n) is 6.58. The lowest BCUT2D eigenvalue weighted by atomic mass is 9.79. The van der Waals surface area contributed by atoms with Crippen LogP contribution in [0.2, 0.25) is 0 Å². The highest BCUT2D eigenvalue weighted by Crippen LogP contribution is 2.39. The van der Waals surface area contributed by atoms with E-state index >= 15 is 0 Å². The minimum absolute atomic E-state index is 0.137. The number of likely N-dealkylation sites (tertiary alicyclic amines) is 1. The zero-order valence-electron chi connectivity index (χ0n) is 21.0. The van der Waals surface area contributed by atoms with Crippen LogP contribution in [0.15, 0.2) is 12.1 Å². The molecule has 12 nitrogen and oxygen atoms in total. The number of nitrogens with one attached hydrogen (secondary N) is 4. The van der Waals surface area contributed by atoms with Crippen molar-refractivity contribution in [3.8, 4) is 0 Å². The Morgan fingerprint density at radius 3 is 2.51 bits per heavy atom. The Morgan fingerprint density at radius 1 is 1.05 bits per heavy atom. The van der Waals surface area contributed by atoms with E-state index in [-0.39, 0.29) is 36.2 Å². The third-order valence-electron chi connectivity index (χ3n) is 8.45. The number of aromatic amines is 2. The Hall–Kier alpha value is -3.44. The molecule has 0 radical (unpaired) electrons. The Kier molecular flexibility index (Phi) is 7.71. The molecule has 12 heteroatoms. The fraction of sp³-hybridized carbons (Fsp3) is 0.680. The summed E-state index contributed by atoms with van der Waals surface area (Å²) >= 11 is 0. The van der Waals surface area contributed by atoms with Crippen LogP contribution in [0.4, 0.5) is 4.79 Å². The van der Waals surface area contributed by atoms with Gasteiger partial charge >= 0.3 is 6.09 Å². The minimum Gasteiger partial charge on any atom is -0.465 e. The first kappa shape index (κ1) is 25.2. The lowest BCUT2D eigenvalue weighted by molar-refractivity contribution is -0.125. The average Bonchev–Trinajstić information content (AvgIpc) is 3.73. The number of carbonyl (C=O) groups excluding carboxylic acids is 2. The summed E-state index contributed by atoms with van der Waals surface area (Å²) in [5.74, 6) is 0.920.